The molecular formula is C28H28F3N3O4. The average molecular weight is 528 g/mol. The first-order valence-corrected chi connectivity index (χ1v) is 12.3. The van der Waals surface area contributed by atoms with E-state index in [1.54, 1.807) is 12.4 Å². The molecule has 0 spiro atoms. The molecule has 2 aromatic heterocycles. The molecule has 1 aliphatic carbocycles. The zero-order valence-corrected chi connectivity index (χ0v) is 20.7. The molecule has 0 unspecified atom stereocenters. The zero-order chi connectivity index (χ0) is 27.4. The van der Waals surface area contributed by atoms with E-state index >= 15 is 0 Å². The van der Waals surface area contributed by atoms with Crippen LogP contribution >= 0.6 is 0 Å². The molecule has 3 N–H and O–H groups in total. The second kappa shape index (κ2) is 11.8. The van der Waals surface area contributed by atoms with Crippen LogP contribution in [0.25, 0.3) is 11.3 Å². The first kappa shape index (κ1) is 27.4. The fourth-order valence-electron chi connectivity index (χ4n) is 5.13. The Balaban J connectivity index is 1.53. The van der Waals surface area contributed by atoms with Crippen molar-refractivity contribution < 1.29 is 32.6 Å². The van der Waals surface area contributed by atoms with E-state index in [9.17, 15) is 22.8 Å². The third-order valence-corrected chi connectivity index (χ3v) is 6.89. The SMILES string of the molecule is C[C@H]1C[C@@H](c2ccncc2CC(=O)c2ccc(F)c(-c3c(F)cccc3F)n2)C[C@@H](N)[C@@H]1OCCC(=O)O. The third kappa shape index (κ3) is 6.08. The number of ketones is 1. The highest BCUT2D eigenvalue weighted by molar-refractivity contribution is 5.96. The summed E-state index contributed by atoms with van der Waals surface area (Å²) < 4.78 is 48.8. The highest BCUT2D eigenvalue weighted by atomic mass is 19.1. The van der Waals surface area contributed by atoms with Crippen molar-refractivity contribution in [2.24, 2.45) is 11.7 Å². The Morgan fingerprint density at radius 2 is 1.82 bits per heavy atom. The molecule has 0 amide bonds. The molecule has 3 aromatic rings. The number of carboxylic acid groups (broad SMARTS) is 1. The molecule has 10 heteroatoms. The number of aromatic nitrogens is 2. The number of Topliss-reactive ketones (excluding diaryl/α,β-unsaturated/α-hetero) is 1. The minimum Gasteiger partial charge on any atom is -0.481 e. The van der Waals surface area contributed by atoms with E-state index in [1.807, 2.05) is 13.0 Å². The largest absolute Gasteiger partial charge is 0.481 e. The number of benzene rings is 1. The maximum atomic E-state index is 14.5. The summed E-state index contributed by atoms with van der Waals surface area (Å²) in [5.74, 6) is -4.25. The molecule has 7 nitrogen and oxygen atoms in total. The summed E-state index contributed by atoms with van der Waals surface area (Å²) in [4.78, 5) is 32.1. The Kier molecular flexibility index (Phi) is 8.53. The van der Waals surface area contributed by atoms with Gasteiger partial charge in [0.25, 0.3) is 0 Å². The van der Waals surface area contributed by atoms with Crippen LogP contribution < -0.4 is 5.73 Å². The molecule has 4 atom stereocenters. The summed E-state index contributed by atoms with van der Waals surface area (Å²) in [6.07, 6.45) is 4.02. The first-order valence-electron chi connectivity index (χ1n) is 12.3. The van der Waals surface area contributed by atoms with Crippen LogP contribution in [0.2, 0.25) is 0 Å². The van der Waals surface area contributed by atoms with Gasteiger partial charge in [0.2, 0.25) is 0 Å². The second-order valence-corrected chi connectivity index (χ2v) is 9.59. The molecule has 1 fully saturated rings. The molecule has 1 saturated carbocycles. The number of carbonyl (C=O) groups excluding carboxylic acids is 1. The zero-order valence-electron chi connectivity index (χ0n) is 20.7. The summed E-state index contributed by atoms with van der Waals surface area (Å²) in [6, 6.07) is 6.81. The van der Waals surface area contributed by atoms with Gasteiger partial charge in [-0.1, -0.05) is 13.0 Å². The molecule has 38 heavy (non-hydrogen) atoms. The summed E-state index contributed by atoms with van der Waals surface area (Å²) in [5, 5.41) is 8.86. The molecule has 0 saturated heterocycles. The summed E-state index contributed by atoms with van der Waals surface area (Å²) in [5.41, 5.74) is 6.62. The van der Waals surface area contributed by atoms with Gasteiger partial charge in [-0.2, -0.15) is 0 Å². The van der Waals surface area contributed by atoms with Crippen molar-refractivity contribution in [3.05, 3.63) is 83.1 Å². The van der Waals surface area contributed by atoms with Gasteiger partial charge < -0.3 is 15.6 Å². The minimum absolute atomic E-state index is 0.00868. The lowest BCUT2D eigenvalue weighted by atomic mass is 9.73. The predicted molar refractivity (Wildman–Crippen MR) is 133 cm³/mol. The van der Waals surface area contributed by atoms with E-state index in [2.05, 4.69) is 9.97 Å². The number of hydrogen-bond donors (Lipinski definition) is 2. The van der Waals surface area contributed by atoms with E-state index in [4.69, 9.17) is 15.6 Å². The van der Waals surface area contributed by atoms with E-state index in [0.29, 0.717) is 18.4 Å². The van der Waals surface area contributed by atoms with Gasteiger partial charge in [0, 0.05) is 24.9 Å². The first-order chi connectivity index (χ1) is 18.2. The minimum atomic E-state index is -0.983. The van der Waals surface area contributed by atoms with Gasteiger partial charge in [0.15, 0.2) is 5.78 Å². The molecule has 200 valence electrons. The fraction of sp³-hybridized carbons (Fsp3) is 0.357. The highest BCUT2D eigenvalue weighted by Crippen LogP contribution is 2.38. The lowest BCUT2D eigenvalue weighted by Crippen LogP contribution is -2.46. The molecule has 1 aliphatic rings. The Labute approximate surface area is 217 Å². The Hall–Kier alpha value is -3.63. The quantitative estimate of drug-likeness (QED) is 0.388. The number of ether oxygens (including phenoxy) is 1. The van der Waals surface area contributed by atoms with Gasteiger partial charge >= 0.3 is 5.97 Å². The smallest absolute Gasteiger partial charge is 0.305 e. The topological polar surface area (TPSA) is 115 Å². The van der Waals surface area contributed by atoms with Crippen LogP contribution in [0.3, 0.4) is 0 Å². The lowest BCUT2D eigenvalue weighted by molar-refractivity contribution is -0.139. The molecule has 1 aromatic carbocycles. The fourth-order valence-corrected chi connectivity index (χ4v) is 5.13. The Morgan fingerprint density at radius 1 is 1.08 bits per heavy atom. The van der Waals surface area contributed by atoms with Gasteiger partial charge in [0.1, 0.15) is 28.8 Å². The number of hydrogen-bond acceptors (Lipinski definition) is 6. The molecule has 0 radical (unpaired) electrons. The number of nitrogens with zero attached hydrogens (tertiary/aromatic N) is 2. The Bertz CT molecular complexity index is 1300. The van der Waals surface area contributed by atoms with Gasteiger partial charge in [-0.25, -0.2) is 18.2 Å². The highest BCUT2D eigenvalue weighted by Gasteiger charge is 2.36. The molecule has 2 heterocycles. The summed E-state index contributed by atoms with van der Waals surface area (Å²) in [6.45, 7) is 2.08. The summed E-state index contributed by atoms with van der Waals surface area (Å²) >= 11 is 0. The maximum Gasteiger partial charge on any atom is 0.305 e. The van der Waals surface area contributed by atoms with Gasteiger partial charge in [-0.15, -0.1) is 0 Å². The van der Waals surface area contributed by atoms with E-state index < -0.39 is 40.5 Å². The number of aliphatic carboxylic acids is 1. The maximum absolute atomic E-state index is 14.5. The number of nitrogens with two attached hydrogens (primary N) is 1. The molecule has 0 aliphatic heterocycles. The van der Waals surface area contributed by atoms with Crippen molar-refractivity contribution in [3.8, 4) is 11.3 Å². The van der Waals surface area contributed by atoms with Crippen molar-refractivity contribution in [1.29, 1.82) is 0 Å². The van der Waals surface area contributed by atoms with Crippen LogP contribution in [0.15, 0.2) is 48.8 Å². The van der Waals surface area contributed by atoms with Crippen molar-refractivity contribution in [2.75, 3.05) is 6.61 Å². The average Bonchev–Trinajstić information content (AvgIpc) is 2.86. The lowest BCUT2D eigenvalue weighted by Gasteiger charge is -2.39. The molecular weight excluding hydrogens is 499 g/mol. The number of carbonyl (C=O) groups is 2. The van der Waals surface area contributed by atoms with Crippen molar-refractivity contribution in [1.82, 2.24) is 9.97 Å². The normalized spacial score (nSPS) is 21.3. The van der Waals surface area contributed by atoms with E-state index in [0.717, 1.165) is 29.8 Å². The number of rotatable bonds is 9. The van der Waals surface area contributed by atoms with Crippen molar-refractivity contribution >= 4 is 11.8 Å². The van der Waals surface area contributed by atoms with Crippen LogP contribution in [0.1, 0.15) is 53.7 Å². The van der Waals surface area contributed by atoms with Gasteiger partial charge in [-0.05, 0) is 66.1 Å². The van der Waals surface area contributed by atoms with Crippen LogP contribution in [0.5, 0.6) is 0 Å². The number of halogens is 3. The van der Waals surface area contributed by atoms with Crippen LogP contribution in [-0.4, -0.2) is 45.6 Å². The monoisotopic (exact) mass is 527 g/mol. The van der Waals surface area contributed by atoms with Crippen molar-refractivity contribution in [3.63, 3.8) is 0 Å². The van der Waals surface area contributed by atoms with Gasteiger partial charge in [-0.3, -0.25) is 14.6 Å². The van der Waals surface area contributed by atoms with Gasteiger partial charge in [0.05, 0.1) is 24.7 Å². The molecule has 4 rings (SSSR count). The van der Waals surface area contributed by atoms with E-state index in [1.165, 1.54) is 6.07 Å². The van der Waals surface area contributed by atoms with Crippen LogP contribution in [0.4, 0.5) is 13.2 Å². The standard InChI is InChI=1S/C28H28F3N3O4/c1-15-11-16(12-22(32)28(15)38-10-8-25(36)37)18-7-9-33-14-17(18)13-24(35)23-6-5-21(31)27(34-23)26-19(29)3-2-4-20(26)30/h2-7,9,14-16,22,28H,8,10-13,32H2,1H3,(H,36,37)/t15-,16+,22+,28+/m0/s1. The number of pyridine rings is 2. The van der Waals surface area contributed by atoms with E-state index in [-0.39, 0.29) is 49.1 Å². The van der Waals surface area contributed by atoms with Crippen molar-refractivity contribution in [2.45, 2.75) is 50.7 Å². The second-order valence-electron chi connectivity index (χ2n) is 9.59. The number of carboxylic acids is 1. The van der Waals surface area contributed by atoms with Crippen LogP contribution in [-0.2, 0) is 16.0 Å². The van der Waals surface area contributed by atoms with Crippen LogP contribution in [0, 0.1) is 23.4 Å². The summed E-state index contributed by atoms with van der Waals surface area (Å²) in [7, 11) is 0. The molecule has 0 bridgehead atoms. The third-order valence-electron chi connectivity index (χ3n) is 6.89. The predicted octanol–water partition coefficient (Wildman–Crippen LogP) is 4.69. The Morgan fingerprint density at radius 3 is 2.50 bits per heavy atom.